The predicted molar refractivity (Wildman–Crippen MR) is 44.5 cm³/mol. The Labute approximate surface area is 70.0 Å². The van der Waals surface area contributed by atoms with Crippen molar-refractivity contribution in [3.05, 3.63) is 24.0 Å². The molecule has 1 rings (SSSR count). The number of nitrogens with zero attached hydrogens (tertiary/aromatic N) is 1. The molecule has 0 radical (unpaired) electrons. The van der Waals surface area contributed by atoms with Gasteiger partial charge in [0.05, 0.1) is 5.57 Å². The first-order chi connectivity index (χ1) is 5.63. The lowest BCUT2D eigenvalue weighted by molar-refractivity contribution is -0.111. The summed E-state index contributed by atoms with van der Waals surface area (Å²) >= 11 is 0. The molecule has 1 aromatic rings. The zero-order valence-corrected chi connectivity index (χ0v) is 6.96. The van der Waals surface area contributed by atoms with Crippen molar-refractivity contribution in [2.75, 3.05) is 0 Å². The van der Waals surface area contributed by atoms with E-state index in [9.17, 15) is 4.79 Å². The Morgan fingerprint density at radius 1 is 1.58 bits per heavy atom. The van der Waals surface area contributed by atoms with Crippen LogP contribution >= 0.6 is 0 Å². The van der Waals surface area contributed by atoms with E-state index in [2.05, 4.69) is 9.97 Å². The summed E-state index contributed by atoms with van der Waals surface area (Å²) in [6, 6.07) is 0. The van der Waals surface area contributed by atoms with Crippen LogP contribution < -0.4 is 0 Å². The minimum Gasteiger partial charge on any atom is -0.512 e. The SMILES string of the molecule is CC(=O)C(=C(C)O)c1ncc[nH]1. The van der Waals surface area contributed by atoms with E-state index in [1.54, 1.807) is 6.20 Å². The van der Waals surface area contributed by atoms with Crippen LogP contribution in [0.15, 0.2) is 18.2 Å². The number of hydrogen-bond donors (Lipinski definition) is 2. The van der Waals surface area contributed by atoms with Gasteiger partial charge in [0.25, 0.3) is 0 Å². The van der Waals surface area contributed by atoms with Gasteiger partial charge < -0.3 is 10.1 Å². The second kappa shape index (κ2) is 3.21. The lowest BCUT2D eigenvalue weighted by Gasteiger charge is -1.99. The number of rotatable bonds is 2. The van der Waals surface area contributed by atoms with Crippen molar-refractivity contribution in [2.45, 2.75) is 13.8 Å². The van der Waals surface area contributed by atoms with Gasteiger partial charge in [-0.3, -0.25) is 4.79 Å². The molecule has 0 aliphatic heterocycles. The molecule has 1 heterocycles. The molecular weight excluding hydrogens is 156 g/mol. The normalized spacial score (nSPS) is 12.5. The maximum Gasteiger partial charge on any atom is 0.166 e. The first-order valence-electron chi connectivity index (χ1n) is 3.53. The number of ketones is 1. The van der Waals surface area contributed by atoms with Crippen LogP contribution in [0.1, 0.15) is 19.7 Å². The minimum atomic E-state index is -0.204. The van der Waals surface area contributed by atoms with Gasteiger partial charge in [0.2, 0.25) is 0 Å². The average Bonchev–Trinajstić information content (AvgIpc) is 2.37. The van der Waals surface area contributed by atoms with Crippen LogP contribution in [-0.2, 0) is 4.79 Å². The van der Waals surface area contributed by atoms with Crippen molar-refractivity contribution in [1.29, 1.82) is 0 Å². The Hall–Kier alpha value is -1.58. The van der Waals surface area contributed by atoms with Gasteiger partial charge in [0.1, 0.15) is 11.6 Å². The highest BCUT2D eigenvalue weighted by Gasteiger charge is 2.12. The summed E-state index contributed by atoms with van der Waals surface area (Å²) in [5.41, 5.74) is 0.236. The van der Waals surface area contributed by atoms with E-state index < -0.39 is 0 Å². The van der Waals surface area contributed by atoms with Crippen LogP contribution in [0.3, 0.4) is 0 Å². The molecule has 0 amide bonds. The van der Waals surface area contributed by atoms with E-state index in [0.717, 1.165) is 0 Å². The number of carbonyl (C=O) groups is 1. The molecule has 0 spiro atoms. The fourth-order valence-corrected chi connectivity index (χ4v) is 0.995. The Morgan fingerprint density at radius 2 is 2.25 bits per heavy atom. The zero-order valence-electron chi connectivity index (χ0n) is 6.96. The van der Waals surface area contributed by atoms with Gasteiger partial charge in [-0.15, -0.1) is 0 Å². The Kier molecular flexibility index (Phi) is 2.28. The lowest BCUT2D eigenvalue weighted by Crippen LogP contribution is -2.00. The number of carbonyl (C=O) groups excluding carboxylic acids is 1. The van der Waals surface area contributed by atoms with E-state index in [1.807, 2.05) is 0 Å². The van der Waals surface area contributed by atoms with Gasteiger partial charge in [0, 0.05) is 12.4 Å². The molecule has 4 heteroatoms. The molecule has 0 saturated carbocycles. The first kappa shape index (κ1) is 8.52. The highest BCUT2D eigenvalue weighted by molar-refractivity contribution is 6.18. The summed E-state index contributed by atoms with van der Waals surface area (Å²) in [5, 5.41) is 9.15. The number of aliphatic hydroxyl groups excluding tert-OH is 1. The summed E-state index contributed by atoms with van der Waals surface area (Å²) in [6.45, 7) is 2.84. The number of aliphatic hydroxyl groups is 1. The standard InChI is InChI=1S/C8H10N2O2/c1-5(11)7(6(2)12)8-9-3-4-10-8/h3-4,11H,1-2H3,(H,9,10). The molecule has 0 unspecified atom stereocenters. The highest BCUT2D eigenvalue weighted by atomic mass is 16.3. The smallest absolute Gasteiger partial charge is 0.166 e. The van der Waals surface area contributed by atoms with Crippen molar-refractivity contribution in [3.8, 4) is 0 Å². The Balaban J connectivity index is 3.15. The van der Waals surface area contributed by atoms with E-state index in [0.29, 0.717) is 5.82 Å². The molecule has 0 aliphatic carbocycles. The molecule has 4 nitrogen and oxygen atoms in total. The number of H-pyrrole nitrogens is 1. The molecule has 0 saturated heterocycles. The van der Waals surface area contributed by atoms with Gasteiger partial charge in [0.15, 0.2) is 5.78 Å². The monoisotopic (exact) mass is 166 g/mol. The number of hydrogen-bond acceptors (Lipinski definition) is 3. The summed E-state index contributed by atoms with van der Waals surface area (Å²) in [4.78, 5) is 17.6. The fraction of sp³-hybridized carbons (Fsp3) is 0.250. The molecule has 1 aromatic heterocycles. The molecular formula is C8H10N2O2. The van der Waals surface area contributed by atoms with Gasteiger partial charge >= 0.3 is 0 Å². The largest absolute Gasteiger partial charge is 0.512 e. The third kappa shape index (κ3) is 1.53. The van der Waals surface area contributed by atoms with E-state index in [1.165, 1.54) is 20.0 Å². The Bertz CT molecular complexity index is 308. The van der Waals surface area contributed by atoms with Crippen molar-refractivity contribution < 1.29 is 9.90 Å². The quantitative estimate of drug-likeness (QED) is 0.514. The minimum absolute atomic E-state index is 0.0162. The molecule has 0 aromatic carbocycles. The molecule has 0 aliphatic rings. The van der Waals surface area contributed by atoms with Crippen molar-refractivity contribution in [1.82, 2.24) is 9.97 Å². The molecule has 0 bridgehead atoms. The topological polar surface area (TPSA) is 66.0 Å². The van der Waals surface area contributed by atoms with Crippen LogP contribution in [0.25, 0.3) is 5.57 Å². The molecule has 0 atom stereocenters. The second-order valence-corrected chi connectivity index (χ2v) is 2.45. The maximum absolute atomic E-state index is 11.0. The number of imidazole rings is 1. The summed E-state index contributed by atoms with van der Waals surface area (Å²) in [5.74, 6) is 0.185. The molecule has 2 N–H and O–H groups in total. The van der Waals surface area contributed by atoms with E-state index >= 15 is 0 Å². The van der Waals surface area contributed by atoms with Crippen LogP contribution in [0, 0.1) is 0 Å². The molecule has 0 fully saturated rings. The van der Waals surface area contributed by atoms with Crippen LogP contribution in [0.2, 0.25) is 0 Å². The van der Waals surface area contributed by atoms with Gasteiger partial charge in [-0.2, -0.15) is 0 Å². The summed E-state index contributed by atoms with van der Waals surface area (Å²) in [7, 11) is 0. The third-order valence-corrected chi connectivity index (χ3v) is 1.45. The number of aromatic nitrogens is 2. The van der Waals surface area contributed by atoms with Crippen LogP contribution in [0.4, 0.5) is 0 Å². The number of aromatic amines is 1. The second-order valence-electron chi connectivity index (χ2n) is 2.45. The van der Waals surface area contributed by atoms with E-state index in [-0.39, 0.29) is 17.1 Å². The Morgan fingerprint density at radius 3 is 2.58 bits per heavy atom. The van der Waals surface area contributed by atoms with Gasteiger partial charge in [-0.25, -0.2) is 4.98 Å². The zero-order chi connectivity index (χ0) is 9.14. The average molecular weight is 166 g/mol. The van der Waals surface area contributed by atoms with Crippen LogP contribution in [-0.4, -0.2) is 20.9 Å². The van der Waals surface area contributed by atoms with Gasteiger partial charge in [-0.1, -0.05) is 0 Å². The molecule has 12 heavy (non-hydrogen) atoms. The fourth-order valence-electron chi connectivity index (χ4n) is 0.995. The van der Waals surface area contributed by atoms with Gasteiger partial charge in [-0.05, 0) is 13.8 Å². The lowest BCUT2D eigenvalue weighted by atomic mass is 10.1. The van der Waals surface area contributed by atoms with Crippen LogP contribution in [0.5, 0.6) is 0 Å². The molecule has 64 valence electrons. The highest BCUT2D eigenvalue weighted by Crippen LogP contribution is 2.13. The summed E-state index contributed by atoms with van der Waals surface area (Å²) < 4.78 is 0. The maximum atomic E-state index is 11.0. The number of nitrogens with one attached hydrogen (secondary N) is 1. The predicted octanol–water partition coefficient (Wildman–Crippen LogP) is 1.29. The first-order valence-corrected chi connectivity index (χ1v) is 3.53. The van der Waals surface area contributed by atoms with Crippen molar-refractivity contribution in [3.63, 3.8) is 0 Å². The number of Topliss-reactive ketones (excluding diaryl/α,β-unsaturated/α-hetero) is 1. The number of allylic oxidation sites excluding steroid dienone is 2. The summed E-state index contributed by atoms with van der Waals surface area (Å²) in [6.07, 6.45) is 3.13. The third-order valence-electron chi connectivity index (χ3n) is 1.45. The van der Waals surface area contributed by atoms with Crippen molar-refractivity contribution in [2.24, 2.45) is 0 Å². The van der Waals surface area contributed by atoms with Crippen molar-refractivity contribution >= 4 is 11.4 Å². The van der Waals surface area contributed by atoms with E-state index in [4.69, 9.17) is 5.11 Å².